The van der Waals surface area contributed by atoms with Gasteiger partial charge in [0.05, 0.1) is 0 Å². The van der Waals surface area contributed by atoms with E-state index in [1.165, 1.54) is 48.7 Å². The van der Waals surface area contributed by atoms with Gasteiger partial charge in [-0.05, 0) is 67.0 Å². The first-order valence-electron chi connectivity index (χ1n) is 8.96. The Morgan fingerprint density at radius 2 is 1.31 bits per heavy atom. The van der Waals surface area contributed by atoms with E-state index in [1.807, 2.05) is 0 Å². The molecular formula is C23H17N3. The molecule has 0 aliphatic carbocycles. The number of hydrogen-bond donors (Lipinski definition) is 0. The lowest BCUT2D eigenvalue weighted by Crippen LogP contribution is -1.93. The van der Waals surface area contributed by atoms with Crippen molar-refractivity contribution in [3.05, 3.63) is 82.7 Å². The number of azide groups is 1. The van der Waals surface area contributed by atoms with Crippen LogP contribution in [0.25, 0.3) is 53.5 Å². The molecule has 0 aliphatic rings. The maximum atomic E-state index is 8.47. The van der Waals surface area contributed by atoms with Gasteiger partial charge < -0.3 is 0 Å². The van der Waals surface area contributed by atoms with Crippen molar-refractivity contribution in [3.8, 4) is 0 Å². The van der Waals surface area contributed by atoms with Gasteiger partial charge in [-0.15, -0.1) is 0 Å². The zero-order valence-electron chi connectivity index (χ0n) is 14.3. The second-order valence-corrected chi connectivity index (χ2v) is 6.77. The van der Waals surface area contributed by atoms with Gasteiger partial charge in [0.15, 0.2) is 0 Å². The molecule has 3 heteroatoms. The van der Waals surface area contributed by atoms with Crippen molar-refractivity contribution in [2.75, 3.05) is 6.54 Å². The number of rotatable bonds is 4. The molecule has 0 radical (unpaired) electrons. The second kappa shape index (κ2) is 5.91. The van der Waals surface area contributed by atoms with E-state index in [2.05, 4.69) is 76.8 Å². The van der Waals surface area contributed by atoms with E-state index < -0.39 is 0 Å². The fraction of sp³-hybridized carbons (Fsp3) is 0.130. The van der Waals surface area contributed by atoms with Crippen molar-refractivity contribution >= 4 is 43.1 Å². The summed E-state index contributed by atoms with van der Waals surface area (Å²) < 4.78 is 0. The van der Waals surface area contributed by atoms with Gasteiger partial charge in [-0.3, -0.25) is 0 Å². The van der Waals surface area contributed by atoms with Gasteiger partial charge in [-0.25, -0.2) is 0 Å². The Bertz CT molecular complexity index is 1260. The summed E-state index contributed by atoms with van der Waals surface area (Å²) in [5.74, 6) is 0. The lowest BCUT2D eigenvalue weighted by molar-refractivity contribution is 0.832. The van der Waals surface area contributed by atoms with Crippen LogP contribution in [0.1, 0.15) is 12.0 Å². The number of benzene rings is 5. The molecule has 26 heavy (non-hydrogen) atoms. The smallest absolute Gasteiger partial charge is 0.0261 e. The van der Waals surface area contributed by atoms with Crippen molar-refractivity contribution in [2.45, 2.75) is 12.8 Å². The van der Waals surface area contributed by atoms with E-state index in [0.29, 0.717) is 6.54 Å². The molecule has 0 spiro atoms. The molecule has 0 unspecified atom stereocenters. The maximum Gasteiger partial charge on any atom is 0.0261 e. The highest BCUT2D eigenvalue weighted by molar-refractivity contribution is 6.33. The van der Waals surface area contributed by atoms with Crippen LogP contribution < -0.4 is 0 Å². The minimum atomic E-state index is 0.543. The summed E-state index contributed by atoms with van der Waals surface area (Å²) in [7, 11) is 0. The molecule has 5 aromatic carbocycles. The van der Waals surface area contributed by atoms with Crippen LogP contribution in [-0.4, -0.2) is 6.54 Å². The Morgan fingerprint density at radius 1 is 0.692 bits per heavy atom. The SMILES string of the molecule is [N-]=[N+]=NCCCc1ccc2c3cccc4cccc(c5cccc1c52)c43. The summed E-state index contributed by atoms with van der Waals surface area (Å²) in [6.07, 6.45) is 1.79. The molecular weight excluding hydrogens is 318 g/mol. The van der Waals surface area contributed by atoms with E-state index in [-0.39, 0.29) is 0 Å². The van der Waals surface area contributed by atoms with Crippen LogP contribution in [0.3, 0.4) is 0 Å². The van der Waals surface area contributed by atoms with Gasteiger partial charge in [0, 0.05) is 11.5 Å². The summed E-state index contributed by atoms with van der Waals surface area (Å²) >= 11 is 0. The van der Waals surface area contributed by atoms with Gasteiger partial charge in [0.1, 0.15) is 0 Å². The second-order valence-electron chi connectivity index (χ2n) is 6.77. The fourth-order valence-corrected chi connectivity index (χ4v) is 4.31. The van der Waals surface area contributed by atoms with Crippen LogP contribution in [0.5, 0.6) is 0 Å². The lowest BCUT2D eigenvalue weighted by Gasteiger charge is -2.16. The summed E-state index contributed by atoms with van der Waals surface area (Å²) in [4.78, 5) is 2.85. The van der Waals surface area contributed by atoms with Gasteiger partial charge in [0.25, 0.3) is 0 Å². The first-order valence-corrected chi connectivity index (χ1v) is 8.96. The molecule has 0 saturated carbocycles. The van der Waals surface area contributed by atoms with Crippen LogP contribution in [0.2, 0.25) is 0 Å². The standard InChI is InChI=1S/C23H17N3/c24-26-25-14-4-7-15-12-13-21-19-10-2-6-16-5-1-9-18(22(16)19)20-11-3-8-17(15)23(20)21/h1-3,5-6,8-13H,4,7,14H2. The van der Waals surface area contributed by atoms with Gasteiger partial charge in [-0.1, -0.05) is 71.8 Å². The summed E-state index contributed by atoms with van der Waals surface area (Å²) in [6, 6.07) is 24.3. The Hall–Kier alpha value is -3.29. The number of fused-ring (bicyclic) bond motifs is 2. The molecule has 0 N–H and O–H groups in total. The molecule has 0 amide bonds. The third-order valence-electron chi connectivity index (χ3n) is 5.38. The van der Waals surface area contributed by atoms with Crippen molar-refractivity contribution in [3.63, 3.8) is 0 Å². The highest BCUT2D eigenvalue weighted by Gasteiger charge is 2.13. The molecule has 0 atom stereocenters. The highest BCUT2D eigenvalue weighted by Crippen LogP contribution is 2.40. The molecule has 0 heterocycles. The van der Waals surface area contributed by atoms with E-state index >= 15 is 0 Å². The molecule has 0 aromatic heterocycles. The van der Waals surface area contributed by atoms with E-state index in [0.717, 1.165) is 12.8 Å². The average molecular weight is 335 g/mol. The van der Waals surface area contributed by atoms with E-state index in [1.54, 1.807) is 0 Å². The summed E-state index contributed by atoms with van der Waals surface area (Å²) in [5, 5.41) is 14.3. The third-order valence-corrected chi connectivity index (χ3v) is 5.38. The summed E-state index contributed by atoms with van der Waals surface area (Å²) in [6.45, 7) is 0.543. The zero-order valence-corrected chi connectivity index (χ0v) is 14.3. The van der Waals surface area contributed by atoms with Crippen molar-refractivity contribution in [2.24, 2.45) is 5.11 Å². The van der Waals surface area contributed by atoms with Crippen LogP contribution in [0.4, 0.5) is 0 Å². The van der Waals surface area contributed by atoms with Crippen LogP contribution >= 0.6 is 0 Å². The van der Waals surface area contributed by atoms with Crippen molar-refractivity contribution < 1.29 is 0 Å². The molecule has 5 aromatic rings. The predicted octanol–water partition coefficient (Wildman–Crippen LogP) is 6.98. The third kappa shape index (κ3) is 2.11. The van der Waals surface area contributed by atoms with Crippen molar-refractivity contribution in [1.82, 2.24) is 0 Å². The lowest BCUT2D eigenvalue weighted by atomic mass is 9.88. The molecule has 124 valence electrons. The monoisotopic (exact) mass is 335 g/mol. The van der Waals surface area contributed by atoms with Crippen molar-refractivity contribution in [1.29, 1.82) is 0 Å². The van der Waals surface area contributed by atoms with Gasteiger partial charge in [-0.2, -0.15) is 0 Å². The number of nitrogens with zero attached hydrogens (tertiary/aromatic N) is 3. The quantitative estimate of drug-likeness (QED) is 0.0849. The Labute approximate surface area is 150 Å². The first-order chi connectivity index (χ1) is 12.9. The molecule has 3 nitrogen and oxygen atoms in total. The molecule has 5 rings (SSSR count). The number of hydrogen-bond acceptors (Lipinski definition) is 1. The minimum Gasteiger partial charge on any atom is -0.0940 e. The molecule has 0 aliphatic heterocycles. The minimum absolute atomic E-state index is 0.543. The van der Waals surface area contributed by atoms with Crippen LogP contribution in [0, 0.1) is 0 Å². The fourth-order valence-electron chi connectivity index (χ4n) is 4.31. The normalized spacial score (nSPS) is 11.5. The molecule has 0 saturated heterocycles. The molecule has 0 fully saturated rings. The number of aryl methyl sites for hydroxylation is 1. The van der Waals surface area contributed by atoms with Gasteiger partial charge >= 0.3 is 0 Å². The maximum absolute atomic E-state index is 8.47. The summed E-state index contributed by atoms with van der Waals surface area (Å²) in [5.41, 5.74) is 9.80. The zero-order chi connectivity index (χ0) is 17.5. The first kappa shape index (κ1) is 15.0. The average Bonchev–Trinajstić information content (AvgIpc) is 2.69. The highest BCUT2D eigenvalue weighted by atomic mass is 15.1. The van der Waals surface area contributed by atoms with Gasteiger partial charge in [0.2, 0.25) is 0 Å². The Morgan fingerprint density at radius 3 is 2.04 bits per heavy atom. The molecule has 0 bridgehead atoms. The largest absolute Gasteiger partial charge is 0.0940 e. The Balaban J connectivity index is 1.86. The topological polar surface area (TPSA) is 48.8 Å². The van der Waals surface area contributed by atoms with Crippen LogP contribution in [-0.2, 0) is 6.42 Å². The Kier molecular flexibility index (Phi) is 3.41. The van der Waals surface area contributed by atoms with E-state index in [4.69, 9.17) is 5.53 Å². The predicted molar refractivity (Wildman–Crippen MR) is 110 cm³/mol. The van der Waals surface area contributed by atoms with Crippen LogP contribution in [0.15, 0.2) is 71.8 Å². The van der Waals surface area contributed by atoms with E-state index in [9.17, 15) is 0 Å².